The van der Waals surface area contributed by atoms with Crippen LogP contribution in [0.1, 0.15) is 49.4 Å². The summed E-state index contributed by atoms with van der Waals surface area (Å²) in [6, 6.07) is 12.3. The number of nitrogens with zero attached hydrogens (tertiary/aromatic N) is 3. The van der Waals surface area contributed by atoms with Gasteiger partial charge in [-0.05, 0) is 34.6 Å². The molecule has 1 saturated heterocycles. The molecule has 1 aromatic carbocycles. The predicted octanol–water partition coefficient (Wildman–Crippen LogP) is 4.61. The third-order valence-corrected chi connectivity index (χ3v) is 5.81. The maximum atomic E-state index is 12.3. The second-order valence-corrected chi connectivity index (χ2v) is 9.07. The zero-order chi connectivity index (χ0) is 19.0. The third-order valence-electron chi connectivity index (χ3n) is 4.95. The number of likely N-dealkylation sites (tertiary alicyclic amines) is 1. The van der Waals surface area contributed by atoms with E-state index in [-0.39, 0.29) is 17.2 Å². The molecule has 0 aliphatic carbocycles. The van der Waals surface area contributed by atoms with Crippen LogP contribution in [0.4, 0.5) is 0 Å². The lowest BCUT2D eigenvalue weighted by atomic mass is 9.87. The first-order valence-corrected chi connectivity index (χ1v) is 10.0. The predicted molar refractivity (Wildman–Crippen MR) is 106 cm³/mol. The van der Waals surface area contributed by atoms with E-state index in [1.54, 1.807) is 11.3 Å². The number of benzene rings is 1. The molecule has 1 unspecified atom stereocenters. The first kappa shape index (κ1) is 17.9. The molecule has 5 nitrogen and oxygen atoms in total. The minimum atomic E-state index is -0.0104. The standard InChI is InChI=1S/C21H23N3O2S/c1-21(2,3)16-8-6-14(7-9-16)20-22-19(23-26-20)15-11-18(25)24(12-15)13-17-5-4-10-27-17/h4-10,15H,11-13H2,1-3H3. The zero-order valence-corrected chi connectivity index (χ0v) is 16.6. The van der Waals surface area contributed by atoms with Crippen molar-refractivity contribution in [3.63, 3.8) is 0 Å². The van der Waals surface area contributed by atoms with E-state index in [0.29, 0.717) is 31.2 Å². The van der Waals surface area contributed by atoms with Gasteiger partial charge in [0.05, 0.1) is 6.54 Å². The molecule has 0 radical (unpaired) electrons. The van der Waals surface area contributed by atoms with Gasteiger partial charge in [-0.15, -0.1) is 11.3 Å². The van der Waals surface area contributed by atoms with Crippen molar-refractivity contribution in [2.24, 2.45) is 0 Å². The first-order valence-electron chi connectivity index (χ1n) is 9.15. The number of hydrogen-bond donors (Lipinski definition) is 0. The number of aromatic nitrogens is 2. The molecule has 3 aromatic rings. The van der Waals surface area contributed by atoms with Gasteiger partial charge in [0.1, 0.15) is 0 Å². The fourth-order valence-electron chi connectivity index (χ4n) is 3.32. The highest BCUT2D eigenvalue weighted by Gasteiger charge is 2.34. The molecule has 0 N–H and O–H groups in total. The highest BCUT2D eigenvalue weighted by Crippen LogP contribution is 2.30. The topological polar surface area (TPSA) is 59.2 Å². The fraction of sp³-hybridized carbons (Fsp3) is 0.381. The number of rotatable bonds is 4. The molecule has 2 aromatic heterocycles. The van der Waals surface area contributed by atoms with E-state index in [9.17, 15) is 4.79 Å². The lowest BCUT2D eigenvalue weighted by Gasteiger charge is -2.18. The molecular formula is C21H23N3O2S. The summed E-state index contributed by atoms with van der Waals surface area (Å²) < 4.78 is 5.48. The summed E-state index contributed by atoms with van der Waals surface area (Å²) in [4.78, 5) is 20.0. The van der Waals surface area contributed by atoms with E-state index in [4.69, 9.17) is 4.52 Å². The first-order chi connectivity index (χ1) is 12.9. The second kappa shape index (κ2) is 6.93. The minimum Gasteiger partial charge on any atom is -0.337 e. The van der Waals surface area contributed by atoms with Gasteiger partial charge in [0.25, 0.3) is 5.89 Å². The van der Waals surface area contributed by atoms with Gasteiger partial charge in [-0.2, -0.15) is 4.98 Å². The van der Waals surface area contributed by atoms with Gasteiger partial charge in [-0.3, -0.25) is 4.79 Å². The Labute approximate surface area is 163 Å². The van der Waals surface area contributed by atoms with Crippen LogP contribution >= 0.6 is 11.3 Å². The molecule has 1 amide bonds. The third kappa shape index (κ3) is 3.81. The van der Waals surface area contributed by atoms with Crippen molar-refractivity contribution in [1.29, 1.82) is 0 Å². The molecule has 1 aliphatic heterocycles. The largest absolute Gasteiger partial charge is 0.337 e. The summed E-state index contributed by atoms with van der Waals surface area (Å²) >= 11 is 1.67. The maximum Gasteiger partial charge on any atom is 0.257 e. The number of hydrogen-bond acceptors (Lipinski definition) is 5. The van der Waals surface area contributed by atoms with Gasteiger partial charge in [0.2, 0.25) is 5.91 Å². The van der Waals surface area contributed by atoms with Crippen LogP contribution in [-0.2, 0) is 16.8 Å². The van der Waals surface area contributed by atoms with Crippen molar-refractivity contribution in [1.82, 2.24) is 15.0 Å². The summed E-state index contributed by atoms with van der Waals surface area (Å²) in [5.74, 6) is 1.26. The Morgan fingerprint density at radius 3 is 2.67 bits per heavy atom. The van der Waals surface area contributed by atoms with E-state index in [2.05, 4.69) is 49.1 Å². The van der Waals surface area contributed by atoms with Crippen molar-refractivity contribution in [3.05, 3.63) is 58.0 Å². The number of amides is 1. The lowest BCUT2D eigenvalue weighted by Crippen LogP contribution is -2.23. The molecule has 1 atom stereocenters. The Hall–Kier alpha value is -2.47. The van der Waals surface area contributed by atoms with Gasteiger partial charge in [-0.1, -0.05) is 44.1 Å². The van der Waals surface area contributed by atoms with Crippen molar-refractivity contribution in [2.75, 3.05) is 6.54 Å². The van der Waals surface area contributed by atoms with Crippen LogP contribution in [0.5, 0.6) is 0 Å². The summed E-state index contributed by atoms with van der Waals surface area (Å²) in [6.07, 6.45) is 0.438. The smallest absolute Gasteiger partial charge is 0.257 e. The Bertz CT molecular complexity index is 923. The van der Waals surface area contributed by atoms with E-state index in [1.807, 2.05) is 28.5 Å². The Kier molecular flexibility index (Phi) is 4.60. The minimum absolute atomic E-state index is 0.0104. The van der Waals surface area contributed by atoms with Crippen LogP contribution in [0.3, 0.4) is 0 Å². The van der Waals surface area contributed by atoms with Gasteiger partial charge < -0.3 is 9.42 Å². The van der Waals surface area contributed by atoms with Crippen molar-refractivity contribution < 1.29 is 9.32 Å². The van der Waals surface area contributed by atoms with Crippen LogP contribution in [0.2, 0.25) is 0 Å². The molecule has 0 saturated carbocycles. The SMILES string of the molecule is CC(C)(C)c1ccc(-c2nc(C3CC(=O)N(Cc4cccs4)C3)no2)cc1. The lowest BCUT2D eigenvalue weighted by molar-refractivity contribution is -0.128. The summed E-state index contributed by atoms with van der Waals surface area (Å²) in [5.41, 5.74) is 2.27. The normalized spacial score (nSPS) is 17.7. The van der Waals surface area contributed by atoms with E-state index in [0.717, 1.165) is 5.56 Å². The van der Waals surface area contributed by atoms with Crippen LogP contribution in [-0.4, -0.2) is 27.5 Å². The molecule has 1 aliphatic rings. The second-order valence-electron chi connectivity index (χ2n) is 8.04. The molecular weight excluding hydrogens is 358 g/mol. The molecule has 0 bridgehead atoms. The van der Waals surface area contributed by atoms with Crippen molar-refractivity contribution in [3.8, 4) is 11.5 Å². The summed E-state index contributed by atoms with van der Waals surface area (Å²) in [5, 5.41) is 6.18. The van der Waals surface area contributed by atoms with E-state index >= 15 is 0 Å². The van der Waals surface area contributed by atoms with Gasteiger partial charge in [-0.25, -0.2) is 0 Å². The van der Waals surface area contributed by atoms with E-state index in [1.165, 1.54) is 10.4 Å². The average Bonchev–Trinajstić information content (AvgIpc) is 3.37. The molecule has 6 heteroatoms. The molecule has 4 rings (SSSR count). The fourth-order valence-corrected chi connectivity index (χ4v) is 4.04. The Morgan fingerprint density at radius 1 is 1.22 bits per heavy atom. The van der Waals surface area contributed by atoms with E-state index < -0.39 is 0 Å². The van der Waals surface area contributed by atoms with Gasteiger partial charge in [0.15, 0.2) is 5.82 Å². The Balaban J connectivity index is 1.47. The molecule has 1 fully saturated rings. The number of carbonyl (C=O) groups is 1. The van der Waals surface area contributed by atoms with Crippen LogP contribution in [0.25, 0.3) is 11.5 Å². The maximum absolute atomic E-state index is 12.3. The monoisotopic (exact) mass is 381 g/mol. The number of carbonyl (C=O) groups excluding carboxylic acids is 1. The van der Waals surface area contributed by atoms with Gasteiger partial charge in [0, 0.05) is 29.3 Å². The molecule has 27 heavy (non-hydrogen) atoms. The summed E-state index contributed by atoms with van der Waals surface area (Å²) in [7, 11) is 0. The highest BCUT2D eigenvalue weighted by atomic mass is 32.1. The molecule has 0 spiro atoms. The van der Waals surface area contributed by atoms with Gasteiger partial charge >= 0.3 is 0 Å². The van der Waals surface area contributed by atoms with Crippen molar-refractivity contribution in [2.45, 2.75) is 45.1 Å². The molecule has 140 valence electrons. The Morgan fingerprint density at radius 2 is 2.00 bits per heavy atom. The van der Waals surface area contributed by atoms with Crippen LogP contribution in [0.15, 0.2) is 46.3 Å². The van der Waals surface area contributed by atoms with Crippen molar-refractivity contribution >= 4 is 17.2 Å². The number of thiophene rings is 1. The highest BCUT2D eigenvalue weighted by molar-refractivity contribution is 7.09. The summed E-state index contributed by atoms with van der Waals surface area (Å²) in [6.45, 7) is 7.86. The zero-order valence-electron chi connectivity index (χ0n) is 15.8. The van der Waals surface area contributed by atoms with Crippen LogP contribution in [0, 0.1) is 0 Å². The average molecular weight is 382 g/mol. The van der Waals surface area contributed by atoms with Crippen LogP contribution < -0.4 is 0 Å². The quantitative estimate of drug-likeness (QED) is 0.662. The molecule has 3 heterocycles.